The van der Waals surface area contributed by atoms with Crippen LogP contribution in [0.3, 0.4) is 0 Å². The van der Waals surface area contributed by atoms with Crippen molar-refractivity contribution in [1.29, 1.82) is 0 Å². The Bertz CT molecular complexity index is 1180. The number of benzene rings is 1. The standard InChI is InChI=1S/C24H27F2N5O3/c1-29(24(7-4-8-24)9-12-34-23(25)26)21(32)17-14-27-31-11-10-30(15-20(17)31)22(33)19-13-16-5-2-3-6-18(16)28-19/h2-3,5-6,13-14,23,28H,4,7-12,15H2,1H3. The zero-order chi connectivity index (χ0) is 23.9. The fraction of sp³-hybridized carbons (Fsp3) is 0.458. The lowest BCUT2D eigenvalue weighted by atomic mass is 9.73. The number of halogens is 2. The first-order valence-electron chi connectivity index (χ1n) is 11.5. The number of rotatable bonds is 7. The van der Waals surface area contributed by atoms with Crippen molar-refractivity contribution >= 4 is 22.7 Å². The van der Waals surface area contributed by atoms with Crippen molar-refractivity contribution in [3.63, 3.8) is 0 Å². The van der Waals surface area contributed by atoms with E-state index in [-0.39, 0.29) is 25.0 Å². The van der Waals surface area contributed by atoms with Crippen LogP contribution >= 0.6 is 0 Å². The highest BCUT2D eigenvalue weighted by Gasteiger charge is 2.44. The number of carbonyl (C=O) groups excluding carboxylic acids is 2. The molecule has 180 valence electrons. The Hall–Kier alpha value is -3.27. The number of aromatic amines is 1. The second-order valence-corrected chi connectivity index (χ2v) is 9.05. The number of ether oxygens (including phenoxy) is 1. The number of nitrogens with one attached hydrogen (secondary N) is 1. The van der Waals surface area contributed by atoms with E-state index < -0.39 is 12.2 Å². The molecule has 8 nitrogen and oxygen atoms in total. The van der Waals surface area contributed by atoms with Crippen LogP contribution in [0.15, 0.2) is 36.5 Å². The summed E-state index contributed by atoms with van der Waals surface area (Å²) in [6.07, 6.45) is 4.33. The Morgan fingerprint density at radius 2 is 2.06 bits per heavy atom. The lowest BCUT2D eigenvalue weighted by Crippen LogP contribution is -2.55. The van der Waals surface area contributed by atoms with Crippen LogP contribution in [-0.4, -0.2) is 68.7 Å². The monoisotopic (exact) mass is 471 g/mol. The topological polar surface area (TPSA) is 83.5 Å². The van der Waals surface area contributed by atoms with E-state index in [1.165, 1.54) is 0 Å². The van der Waals surface area contributed by atoms with Crippen LogP contribution in [0.1, 0.15) is 52.2 Å². The van der Waals surface area contributed by atoms with Crippen molar-refractivity contribution in [3.05, 3.63) is 53.5 Å². The van der Waals surface area contributed by atoms with Crippen LogP contribution in [0.25, 0.3) is 10.9 Å². The van der Waals surface area contributed by atoms with Gasteiger partial charge in [0.2, 0.25) is 0 Å². The first kappa shape index (κ1) is 22.5. The van der Waals surface area contributed by atoms with E-state index in [2.05, 4.69) is 14.8 Å². The maximum atomic E-state index is 13.5. The van der Waals surface area contributed by atoms with Gasteiger partial charge in [-0.2, -0.15) is 13.9 Å². The molecule has 1 N–H and O–H groups in total. The van der Waals surface area contributed by atoms with Gasteiger partial charge in [0.15, 0.2) is 0 Å². The summed E-state index contributed by atoms with van der Waals surface area (Å²) in [5.74, 6) is -0.340. The molecule has 0 radical (unpaired) electrons. The average Bonchev–Trinajstić information content (AvgIpc) is 3.43. The molecule has 0 atom stereocenters. The van der Waals surface area contributed by atoms with Gasteiger partial charge >= 0.3 is 6.61 Å². The molecule has 3 heterocycles. The van der Waals surface area contributed by atoms with E-state index in [1.54, 1.807) is 27.7 Å². The van der Waals surface area contributed by atoms with Gasteiger partial charge in [0.05, 0.1) is 37.2 Å². The van der Waals surface area contributed by atoms with Gasteiger partial charge in [-0.15, -0.1) is 0 Å². The molecule has 1 aromatic carbocycles. The summed E-state index contributed by atoms with van der Waals surface area (Å²) in [5, 5.41) is 5.34. The summed E-state index contributed by atoms with van der Waals surface area (Å²) in [7, 11) is 1.71. The van der Waals surface area contributed by atoms with Gasteiger partial charge in [0, 0.05) is 30.0 Å². The molecule has 1 aliphatic carbocycles. The summed E-state index contributed by atoms with van der Waals surface area (Å²) >= 11 is 0. The van der Waals surface area contributed by atoms with Crippen molar-refractivity contribution in [3.8, 4) is 0 Å². The third-order valence-corrected chi connectivity index (χ3v) is 7.26. The SMILES string of the molecule is CN(C(=O)c1cnn2c1CN(C(=O)c1cc3ccccc3[nH]1)CC2)C1(CCOC(F)F)CCC1. The highest BCUT2D eigenvalue weighted by Crippen LogP contribution is 2.41. The van der Waals surface area contributed by atoms with Crippen LogP contribution in [0.4, 0.5) is 8.78 Å². The first-order valence-corrected chi connectivity index (χ1v) is 11.5. The van der Waals surface area contributed by atoms with Gasteiger partial charge in [-0.3, -0.25) is 14.3 Å². The first-order chi connectivity index (χ1) is 16.4. The zero-order valence-corrected chi connectivity index (χ0v) is 19.0. The van der Waals surface area contributed by atoms with Crippen LogP contribution in [0.2, 0.25) is 0 Å². The smallest absolute Gasteiger partial charge is 0.345 e. The lowest BCUT2D eigenvalue weighted by Gasteiger charge is -2.49. The molecule has 0 bridgehead atoms. The van der Waals surface area contributed by atoms with Crippen molar-refractivity contribution in [2.75, 3.05) is 20.2 Å². The molecule has 2 aromatic heterocycles. The third kappa shape index (κ3) is 3.96. The van der Waals surface area contributed by atoms with Crippen LogP contribution in [0, 0.1) is 0 Å². The molecular weight excluding hydrogens is 444 g/mol. The summed E-state index contributed by atoms with van der Waals surface area (Å²) < 4.78 is 31.1. The second kappa shape index (κ2) is 8.83. The molecule has 0 spiro atoms. The fourth-order valence-corrected chi connectivity index (χ4v) is 5.03. The van der Waals surface area contributed by atoms with E-state index in [9.17, 15) is 18.4 Å². The van der Waals surface area contributed by atoms with E-state index in [0.29, 0.717) is 36.5 Å². The fourth-order valence-electron chi connectivity index (χ4n) is 5.03. The van der Waals surface area contributed by atoms with Crippen LogP contribution in [0.5, 0.6) is 0 Å². The van der Waals surface area contributed by atoms with E-state index >= 15 is 0 Å². The largest absolute Gasteiger partial charge is 0.351 e. The normalized spacial score (nSPS) is 17.0. The van der Waals surface area contributed by atoms with E-state index in [4.69, 9.17) is 0 Å². The molecule has 34 heavy (non-hydrogen) atoms. The summed E-state index contributed by atoms with van der Waals surface area (Å²) in [5.41, 5.74) is 2.04. The Kier molecular flexibility index (Phi) is 5.85. The maximum Gasteiger partial charge on any atom is 0.345 e. The molecule has 2 aliphatic rings. The number of para-hydroxylation sites is 1. The summed E-state index contributed by atoms with van der Waals surface area (Å²) in [4.78, 5) is 33.2. The zero-order valence-electron chi connectivity index (χ0n) is 19.0. The number of alkyl halides is 2. The molecular formula is C24H27F2N5O3. The molecule has 2 amide bonds. The third-order valence-electron chi connectivity index (χ3n) is 7.26. The van der Waals surface area contributed by atoms with E-state index in [0.717, 1.165) is 30.2 Å². The number of H-pyrrole nitrogens is 1. The number of hydrogen-bond acceptors (Lipinski definition) is 4. The number of fused-ring (bicyclic) bond motifs is 2. The average molecular weight is 472 g/mol. The van der Waals surface area contributed by atoms with Crippen molar-refractivity contribution in [1.82, 2.24) is 24.6 Å². The minimum absolute atomic E-state index is 0.103. The quantitative estimate of drug-likeness (QED) is 0.570. The highest BCUT2D eigenvalue weighted by molar-refractivity contribution is 5.99. The Balaban J connectivity index is 1.33. The Morgan fingerprint density at radius 1 is 1.26 bits per heavy atom. The molecule has 10 heteroatoms. The highest BCUT2D eigenvalue weighted by atomic mass is 19.3. The van der Waals surface area contributed by atoms with Crippen LogP contribution < -0.4 is 0 Å². The molecule has 0 unspecified atom stereocenters. The second-order valence-electron chi connectivity index (χ2n) is 9.05. The number of hydrogen-bond donors (Lipinski definition) is 1. The van der Waals surface area contributed by atoms with Gasteiger partial charge in [0.1, 0.15) is 5.69 Å². The van der Waals surface area contributed by atoms with Crippen molar-refractivity contribution < 1.29 is 23.1 Å². The molecule has 5 rings (SSSR count). The van der Waals surface area contributed by atoms with Crippen LogP contribution in [-0.2, 0) is 17.8 Å². The maximum absolute atomic E-state index is 13.5. The Labute approximate surface area is 195 Å². The minimum Gasteiger partial charge on any atom is -0.351 e. The van der Waals surface area contributed by atoms with Crippen molar-refractivity contribution in [2.24, 2.45) is 0 Å². The minimum atomic E-state index is -2.82. The van der Waals surface area contributed by atoms with Gasteiger partial charge in [0.25, 0.3) is 11.8 Å². The number of aromatic nitrogens is 3. The number of nitrogens with zero attached hydrogens (tertiary/aromatic N) is 4. The predicted molar refractivity (Wildman–Crippen MR) is 121 cm³/mol. The Morgan fingerprint density at radius 3 is 2.76 bits per heavy atom. The molecule has 1 saturated carbocycles. The van der Waals surface area contributed by atoms with Crippen molar-refractivity contribution in [2.45, 2.75) is 50.9 Å². The van der Waals surface area contributed by atoms with Gasteiger partial charge < -0.3 is 19.5 Å². The van der Waals surface area contributed by atoms with Gasteiger partial charge in [-0.25, -0.2) is 0 Å². The summed E-state index contributed by atoms with van der Waals surface area (Å²) in [6.45, 7) is -1.67. The van der Waals surface area contributed by atoms with Gasteiger partial charge in [-0.1, -0.05) is 18.2 Å². The van der Waals surface area contributed by atoms with E-state index in [1.807, 2.05) is 30.3 Å². The molecule has 0 saturated heterocycles. The molecule has 1 aliphatic heterocycles. The summed E-state index contributed by atoms with van der Waals surface area (Å²) in [6, 6.07) is 9.54. The number of amides is 2. The number of carbonyl (C=O) groups is 2. The molecule has 1 fully saturated rings. The van der Waals surface area contributed by atoms with Gasteiger partial charge in [-0.05, 0) is 37.8 Å². The lowest BCUT2D eigenvalue weighted by molar-refractivity contribution is -0.137. The molecule has 3 aromatic rings. The predicted octanol–water partition coefficient (Wildman–Crippen LogP) is 3.64.